The molecule has 1 aromatic rings. The van der Waals surface area contributed by atoms with E-state index < -0.39 is 0 Å². The summed E-state index contributed by atoms with van der Waals surface area (Å²) in [4.78, 5) is 12.1. The number of hydrogen-bond acceptors (Lipinski definition) is 4. The Hall–Kier alpha value is -2.31. The maximum atomic E-state index is 12.1. The van der Waals surface area contributed by atoms with E-state index in [-0.39, 0.29) is 11.9 Å². The molecule has 0 spiro atoms. The number of rotatable bonds is 4. The van der Waals surface area contributed by atoms with Gasteiger partial charge in [-0.25, -0.2) is 0 Å². The Bertz CT molecular complexity index is 597. The lowest BCUT2D eigenvalue weighted by Gasteiger charge is -2.11. The molecule has 0 fully saturated rings. The van der Waals surface area contributed by atoms with Gasteiger partial charge in [0.05, 0.1) is 5.71 Å². The van der Waals surface area contributed by atoms with E-state index in [2.05, 4.69) is 15.5 Å². The molecule has 1 aliphatic rings. The smallest absolute Gasteiger partial charge is 0.287 e. The van der Waals surface area contributed by atoms with Crippen LogP contribution in [0.4, 0.5) is 0 Å². The van der Waals surface area contributed by atoms with E-state index in [0.717, 1.165) is 48.3 Å². The number of carbonyl (C=O) groups is 1. The van der Waals surface area contributed by atoms with Crippen molar-refractivity contribution in [1.29, 1.82) is 0 Å². The van der Waals surface area contributed by atoms with Gasteiger partial charge < -0.3 is 21.2 Å². The second-order valence-corrected chi connectivity index (χ2v) is 5.04. The summed E-state index contributed by atoms with van der Waals surface area (Å²) in [5.41, 5.74) is 13.0. The summed E-state index contributed by atoms with van der Waals surface area (Å²) in [7, 11) is 0. The van der Waals surface area contributed by atoms with Gasteiger partial charge in [0.25, 0.3) is 5.91 Å². The minimum Gasteiger partial charge on any atom is -0.455 e. The van der Waals surface area contributed by atoms with E-state index in [4.69, 9.17) is 15.9 Å². The summed E-state index contributed by atoms with van der Waals surface area (Å²) in [6.45, 7) is 4.48. The lowest BCUT2D eigenvalue weighted by Crippen LogP contribution is -2.24. The molecule has 0 unspecified atom stereocenters. The van der Waals surface area contributed by atoms with Gasteiger partial charge in [-0.3, -0.25) is 4.79 Å². The molecule has 7 heteroatoms. The van der Waals surface area contributed by atoms with Crippen LogP contribution in [0.15, 0.2) is 14.6 Å². The van der Waals surface area contributed by atoms with Crippen LogP contribution < -0.4 is 16.8 Å². The molecule has 1 heterocycles. The molecule has 0 aliphatic heterocycles. The molecule has 0 aromatic carbocycles. The zero-order valence-corrected chi connectivity index (χ0v) is 12.4. The van der Waals surface area contributed by atoms with Crippen molar-refractivity contribution in [3.63, 3.8) is 0 Å². The van der Waals surface area contributed by atoms with Crippen LogP contribution >= 0.6 is 0 Å². The number of fused-ring (bicyclic) bond motifs is 1. The predicted octanol–water partition coefficient (Wildman–Crippen LogP) is 1.04. The standard InChI is InChI=1S/C14H21N5O2/c1-3-7-17-13(20)12-8(2)11-9(18-19-14(15)16)5-4-6-10(11)21-12/h3-7H2,1-2H3,(H,17,20)(H4,15,16,19)/b18-9+. The first-order chi connectivity index (χ1) is 10.0. The number of amides is 1. The second kappa shape index (κ2) is 6.43. The number of nitrogens with two attached hydrogens (primary N) is 2. The minimum atomic E-state index is -0.190. The van der Waals surface area contributed by atoms with Crippen LogP contribution in [-0.4, -0.2) is 24.1 Å². The fraction of sp³-hybridized carbons (Fsp3) is 0.500. The van der Waals surface area contributed by atoms with E-state index in [1.807, 2.05) is 13.8 Å². The third kappa shape index (κ3) is 3.24. The molecule has 7 nitrogen and oxygen atoms in total. The summed E-state index contributed by atoms with van der Waals surface area (Å²) in [6.07, 6.45) is 3.33. The highest BCUT2D eigenvalue weighted by molar-refractivity contribution is 6.06. The van der Waals surface area contributed by atoms with Crippen molar-refractivity contribution in [2.45, 2.75) is 39.5 Å². The van der Waals surface area contributed by atoms with Gasteiger partial charge in [-0.1, -0.05) is 6.92 Å². The summed E-state index contributed by atoms with van der Waals surface area (Å²) in [5.74, 6) is 0.860. The van der Waals surface area contributed by atoms with Crippen molar-refractivity contribution in [1.82, 2.24) is 5.32 Å². The fourth-order valence-corrected chi connectivity index (χ4v) is 2.42. The Morgan fingerprint density at radius 2 is 2.14 bits per heavy atom. The van der Waals surface area contributed by atoms with Gasteiger partial charge in [0.15, 0.2) is 5.76 Å². The minimum absolute atomic E-state index is 0.0864. The largest absolute Gasteiger partial charge is 0.455 e. The van der Waals surface area contributed by atoms with Gasteiger partial charge in [-0.2, -0.15) is 5.10 Å². The van der Waals surface area contributed by atoms with E-state index in [1.54, 1.807) is 0 Å². The number of nitrogens with zero attached hydrogens (tertiary/aromatic N) is 2. The number of hydrogen-bond donors (Lipinski definition) is 3. The van der Waals surface area contributed by atoms with Crippen molar-refractivity contribution in [2.24, 2.45) is 21.7 Å². The van der Waals surface area contributed by atoms with Crippen LogP contribution in [0, 0.1) is 6.92 Å². The number of nitrogens with one attached hydrogen (secondary N) is 1. The van der Waals surface area contributed by atoms with Gasteiger partial charge in [0.2, 0.25) is 5.96 Å². The van der Waals surface area contributed by atoms with Gasteiger partial charge in [-0.15, -0.1) is 5.10 Å². The Balaban J connectivity index is 2.37. The number of aryl methyl sites for hydroxylation is 1. The maximum absolute atomic E-state index is 12.1. The summed E-state index contributed by atoms with van der Waals surface area (Å²) < 4.78 is 5.73. The highest BCUT2D eigenvalue weighted by atomic mass is 16.4. The van der Waals surface area contributed by atoms with E-state index >= 15 is 0 Å². The van der Waals surface area contributed by atoms with Crippen molar-refractivity contribution in [2.75, 3.05) is 6.54 Å². The fourth-order valence-electron chi connectivity index (χ4n) is 2.42. The lowest BCUT2D eigenvalue weighted by atomic mass is 9.93. The summed E-state index contributed by atoms with van der Waals surface area (Å²) in [6, 6.07) is 0. The zero-order valence-electron chi connectivity index (χ0n) is 12.4. The van der Waals surface area contributed by atoms with Crippen LogP contribution in [0.3, 0.4) is 0 Å². The van der Waals surface area contributed by atoms with Crippen LogP contribution in [0.25, 0.3) is 0 Å². The topological polar surface area (TPSA) is 119 Å². The average molecular weight is 291 g/mol. The molecule has 0 saturated heterocycles. The Morgan fingerprint density at radius 1 is 1.38 bits per heavy atom. The molecular formula is C14H21N5O2. The number of furan rings is 1. The molecule has 114 valence electrons. The molecule has 1 amide bonds. The Kier molecular flexibility index (Phi) is 4.62. The van der Waals surface area contributed by atoms with Gasteiger partial charge in [0.1, 0.15) is 5.76 Å². The molecule has 2 rings (SSSR count). The zero-order chi connectivity index (χ0) is 15.4. The quantitative estimate of drug-likeness (QED) is 0.436. The molecule has 0 radical (unpaired) electrons. The van der Waals surface area contributed by atoms with Crippen LogP contribution in [0.5, 0.6) is 0 Å². The third-order valence-corrected chi connectivity index (χ3v) is 3.35. The van der Waals surface area contributed by atoms with Crippen molar-refractivity contribution < 1.29 is 9.21 Å². The third-order valence-electron chi connectivity index (χ3n) is 3.35. The molecular weight excluding hydrogens is 270 g/mol. The molecule has 21 heavy (non-hydrogen) atoms. The molecule has 1 aromatic heterocycles. The first kappa shape index (κ1) is 15.1. The van der Waals surface area contributed by atoms with Crippen LogP contribution in [-0.2, 0) is 6.42 Å². The first-order valence-corrected chi connectivity index (χ1v) is 7.10. The summed E-state index contributed by atoms with van der Waals surface area (Å²) >= 11 is 0. The Morgan fingerprint density at radius 3 is 2.81 bits per heavy atom. The number of guanidine groups is 1. The Labute approximate surface area is 123 Å². The van der Waals surface area contributed by atoms with Gasteiger partial charge in [0, 0.05) is 24.1 Å². The molecule has 0 atom stereocenters. The van der Waals surface area contributed by atoms with Crippen molar-refractivity contribution in [3.05, 3.63) is 22.6 Å². The molecule has 5 N–H and O–H groups in total. The van der Waals surface area contributed by atoms with Crippen molar-refractivity contribution in [3.8, 4) is 0 Å². The SMILES string of the molecule is CCCNC(=O)c1oc2c(c1C)/C(=N/N=C(N)N)CCC2. The molecule has 0 saturated carbocycles. The average Bonchev–Trinajstić information content (AvgIpc) is 2.80. The predicted molar refractivity (Wildman–Crippen MR) is 81.4 cm³/mol. The number of carbonyl (C=O) groups excluding carboxylic acids is 1. The highest BCUT2D eigenvalue weighted by Crippen LogP contribution is 2.30. The monoisotopic (exact) mass is 291 g/mol. The first-order valence-electron chi connectivity index (χ1n) is 7.10. The van der Waals surface area contributed by atoms with E-state index in [0.29, 0.717) is 12.3 Å². The van der Waals surface area contributed by atoms with Crippen LogP contribution in [0.2, 0.25) is 0 Å². The summed E-state index contributed by atoms with van der Waals surface area (Å²) in [5, 5.41) is 10.6. The maximum Gasteiger partial charge on any atom is 0.287 e. The van der Waals surface area contributed by atoms with Gasteiger partial charge in [-0.05, 0) is 26.2 Å². The van der Waals surface area contributed by atoms with E-state index in [9.17, 15) is 4.79 Å². The van der Waals surface area contributed by atoms with Crippen molar-refractivity contribution >= 4 is 17.6 Å². The van der Waals surface area contributed by atoms with Gasteiger partial charge >= 0.3 is 0 Å². The molecule has 0 bridgehead atoms. The lowest BCUT2D eigenvalue weighted by molar-refractivity contribution is 0.0923. The van der Waals surface area contributed by atoms with Crippen LogP contribution in [0.1, 0.15) is 53.6 Å². The normalized spacial score (nSPS) is 15.6. The molecule has 1 aliphatic carbocycles. The van der Waals surface area contributed by atoms with E-state index in [1.165, 1.54) is 0 Å². The highest BCUT2D eigenvalue weighted by Gasteiger charge is 2.27. The second-order valence-electron chi connectivity index (χ2n) is 5.04.